The third-order valence-corrected chi connectivity index (χ3v) is 4.78. The Morgan fingerprint density at radius 3 is 2.17 bits per heavy atom. The van der Waals surface area contributed by atoms with Crippen LogP contribution in [0.2, 0.25) is 0 Å². The summed E-state index contributed by atoms with van der Waals surface area (Å²) in [6.45, 7) is 0. The molecule has 0 unspecified atom stereocenters. The van der Waals surface area contributed by atoms with Crippen LogP contribution in [0.4, 0.5) is 0 Å². The van der Waals surface area contributed by atoms with Gasteiger partial charge in [0, 0.05) is 17.4 Å². The summed E-state index contributed by atoms with van der Waals surface area (Å²) in [7, 11) is 1.13. The number of hydrogen-bond donors (Lipinski definition) is 1. The SMILES string of the molecule is COc1ccc(Cc2ccc3cc(OC)c(OC)nc3c2OS(=O)(=O)O)cc1OC. The third kappa shape index (κ3) is 4.50. The molecule has 0 aliphatic carbocycles. The first-order valence-electron chi connectivity index (χ1n) is 8.72. The monoisotopic (exact) mass is 435 g/mol. The molecular weight excluding hydrogens is 414 g/mol. The fourth-order valence-corrected chi connectivity index (χ4v) is 3.46. The maximum absolute atomic E-state index is 11.5. The number of ether oxygens (including phenoxy) is 4. The van der Waals surface area contributed by atoms with Crippen LogP contribution in [-0.2, 0) is 16.8 Å². The van der Waals surface area contributed by atoms with Crippen molar-refractivity contribution >= 4 is 21.3 Å². The van der Waals surface area contributed by atoms with E-state index in [9.17, 15) is 13.0 Å². The molecule has 1 aromatic heterocycles. The molecule has 0 fully saturated rings. The molecule has 1 N–H and O–H groups in total. The van der Waals surface area contributed by atoms with Gasteiger partial charge < -0.3 is 23.1 Å². The van der Waals surface area contributed by atoms with Crippen molar-refractivity contribution in [2.45, 2.75) is 6.42 Å². The lowest BCUT2D eigenvalue weighted by Gasteiger charge is -2.15. The van der Waals surface area contributed by atoms with E-state index >= 15 is 0 Å². The number of nitrogens with zero attached hydrogens (tertiary/aromatic N) is 1. The summed E-state index contributed by atoms with van der Waals surface area (Å²) in [6, 6.07) is 10.4. The van der Waals surface area contributed by atoms with Gasteiger partial charge in [0.05, 0.1) is 28.4 Å². The molecule has 0 radical (unpaired) electrons. The minimum absolute atomic E-state index is 0.106. The summed E-state index contributed by atoms with van der Waals surface area (Å²) >= 11 is 0. The summed E-state index contributed by atoms with van der Waals surface area (Å²) < 4.78 is 58.3. The van der Waals surface area contributed by atoms with Crippen LogP contribution in [0.3, 0.4) is 0 Å². The van der Waals surface area contributed by atoms with Gasteiger partial charge in [-0.15, -0.1) is 0 Å². The van der Waals surface area contributed by atoms with Crippen molar-refractivity contribution < 1.29 is 36.1 Å². The summed E-state index contributed by atoms with van der Waals surface area (Å²) in [5, 5.41) is 0.544. The van der Waals surface area contributed by atoms with Crippen LogP contribution in [0.25, 0.3) is 10.9 Å². The predicted octanol–water partition coefficient (Wildman–Crippen LogP) is 3.04. The van der Waals surface area contributed by atoms with Gasteiger partial charge in [-0.1, -0.05) is 18.2 Å². The lowest BCUT2D eigenvalue weighted by molar-refractivity contribution is 0.344. The van der Waals surface area contributed by atoms with Crippen LogP contribution in [0, 0.1) is 0 Å². The summed E-state index contributed by atoms with van der Waals surface area (Å²) in [5.41, 5.74) is 1.47. The lowest BCUT2D eigenvalue weighted by Crippen LogP contribution is -2.10. The highest BCUT2D eigenvalue weighted by atomic mass is 32.3. The van der Waals surface area contributed by atoms with E-state index in [1.165, 1.54) is 28.4 Å². The first-order valence-corrected chi connectivity index (χ1v) is 10.1. The lowest BCUT2D eigenvalue weighted by atomic mass is 10.0. The molecule has 0 saturated heterocycles. The van der Waals surface area contributed by atoms with Gasteiger partial charge in [-0.2, -0.15) is 8.42 Å². The number of benzene rings is 2. The van der Waals surface area contributed by atoms with Gasteiger partial charge >= 0.3 is 10.4 Å². The molecule has 3 rings (SSSR count). The van der Waals surface area contributed by atoms with Crippen LogP contribution in [0.1, 0.15) is 11.1 Å². The Morgan fingerprint density at radius 2 is 1.57 bits per heavy atom. The van der Waals surface area contributed by atoms with E-state index in [0.717, 1.165) is 5.56 Å². The predicted molar refractivity (Wildman–Crippen MR) is 109 cm³/mol. The molecule has 3 aromatic rings. The van der Waals surface area contributed by atoms with Crippen molar-refractivity contribution in [1.82, 2.24) is 4.98 Å². The molecule has 0 aliphatic heterocycles. The second kappa shape index (κ2) is 8.64. The molecule has 160 valence electrons. The highest BCUT2D eigenvalue weighted by molar-refractivity contribution is 7.81. The molecule has 0 spiro atoms. The summed E-state index contributed by atoms with van der Waals surface area (Å²) in [6.07, 6.45) is 0.275. The van der Waals surface area contributed by atoms with Crippen molar-refractivity contribution in [1.29, 1.82) is 0 Å². The summed E-state index contributed by atoms with van der Waals surface area (Å²) in [5.74, 6) is 1.50. The van der Waals surface area contributed by atoms with Crippen molar-refractivity contribution in [3.8, 4) is 28.9 Å². The Morgan fingerprint density at radius 1 is 0.867 bits per heavy atom. The smallest absolute Gasteiger partial charge is 0.446 e. The average Bonchev–Trinajstić information content (AvgIpc) is 2.73. The quantitative estimate of drug-likeness (QED) is 0.533. The maximum atomic E-state index is 11.5. The Kier molecular flexibility index (Phi) is 6.18. The van der Waals surface area contributed by atoms with Crippen LogP contribution >= 0.6 is 0 Å². The molecule has 0 bridgehead atoms. The Balaban J connectivity index is 2.17. The Bertz CT molecular complexity index is 1180. The fourth-order valence-electron chi connectivity index (χ4n) is 3.06. The van der Waals surface area contributed by atoms with Crippen molar-refractivity contribution in [2.24, 2.45) is 0 Å². The number of aromatic nitrogens is 1. The zero-order valence-corrected chi connectivity index (χ0v) is 17.6. The normalized spacial score (nSPS) is 11.2. The van der Waals surface area contributed by atoms with Crippen LogP contribution in [-0.4, -0.2) is 46.4 Å². The van der Waals surface area contributed by atoms with Crippen LogP contribution < -0.4 is 23.1 Å². The van der Waals surface area contributed by atoms with Crippen molar-refractivity contribution in [2.75, 3.05) is 28.4 Å². The Hall–Kier alpha value is -3.24. The number of methoxy groups -OCH3 is 4. The molecule has 0 saturated carbocycles. The first kappa shape index (κ1) is 21.5. The zero-order valence-electron chi connectivity index (χ0n) is 16.8. The maximum Gasteiger partial charge on any atom is 0.446 e. The molecular formula is C20H21NO8S. The molecule has 0 atom stereocenters. The minimum atomic E-state index is -4.80. The topological polar surface area (TPSA) is 113 Å². The van der Waals surface area contributed by atoms with E-state index in [1.807, 2.05) is 6.07 Å². The van der Waals surface area contributed by atoms with Crippen molar-refractivity contribution in [3.63, 3.8) is 0 Å². The van der Waals surface area contributed by atoms with E-state index < -0.39 is 10.4 Å². The number of pyridine rings is 1. The van der Waals surface area contributed by atoms with Gasteiger partial charge in [0.15, 0.2) is 23.0 Å². The van der Waals surface area contributed by atoms with E-state index in [4.69, 9.17) is 23.1 Å². The number of rotatable bonds is 8. The van der Waals surface area contributed by atoms with Gasteiger partial charge in [-0.3, -0.25) is 4.55 Å². The summed E-state index contributed by atoms with van der Waals surface area (Å²) in [4.78, 5) is 4.32. The van der Waals surface area contributed by atoms with Gasteiger partial charge in [0.2, 0.25) is 0 Å². The molecule has 1 heterocycles. The molecule has 10 heteroatoms. The molecule has 9 nitrogen and oxygen atoms in total. The molecule has 0 aliphatic rings. The van der Waals surface area contributed by atoms with Gasteiger partial charge in [-0.25, -0.2) is 4.98 Å². The Labute approximate surface area is 174 Å². The van der Waals surface area contributed by atoms with Crippen LogP contribution in [0.5, 0.6) is 28.9 Å². The van der Waals surface area contributed by atoms with E-state index in [-0.39, 0.29) is 23.6 Å². The third-order valence-electron chi connectivity index (χ3n) is 4.40. The average molecular weight is 435 g/mol. The highest BCUT2D eigenvalue weighted by Crippen LogP contribution is 2.37. The van der Waals surface area contributed by atoms with E-state index in [1.54, 1.807) is 30.3 Å². The van der Waals surface area contributed by atoms with Crippen LogP contribution in [0.15, 0.2) is 36.4 Å². The van der Waals surface area contributed by atoms with Gasteiger partial charge in [-0.05, 0) is 23.8 Å². The largest absolute Gasteiger partial charge is 0.493 e. The molecule has 0 amide bonds. The molecule has 30 heavy (non-hydrogen) atoms. The standard InChI is InChI=1S/C20H21NO8S/c1-25-15-8-5-12(10-16(15)26-2)9-14-7-6-13-11-17(27-3)20(28-4)21-18(13)19(14)29-30(22,23)24/h5-8,10-11H,9H2,1-4H3,(H,22,23,24). The highest BCUT2D eigenvalue weighted by Gasteiger charge is 2.20. The second-order valence-electron chi connectivity index (χ2n) is 6.20. The minimum Gasteiger partial charge on any atom is -0.493 e. The van der Waals surface area contributed by atoms with E-state index in [0.29, 0.717) is 28.2 Å². The van der Waals surface area contributed by atoms with Gasteiger partial charge in [0.1, 0.15) is 5.52 Å². The second-order valence-corrected chi connectivity index (χ2v) is 7.22. The van der Waals surface area contributed by atoms with Crippen molar-refractivity contribution in [3.05, 3.63) is 47.5 Å². The first-order chi connectivity index (χ1) is 14.3. The zero-order chi connectivity index (χ0) is 21.9. The molecule has 2 aromatic carbocycles. The fraction of sp³-hybridized carbons (Fsp3) is 0.250. The van der Waals surface area contributed by atoms with E-state index in [2.05, 4.69) is 4.98 Å². The number of fused-ring (bicyclic) bond motifs is 1. The van der Waals surface area contributed by atoms with Gasteiger partial charge in [0.25, 0.3) is 5.88 Å². The number of hydrogen-bond acceptors (Lipinski definition) is 8.